The lowest BCUT2D eigenvalue weighted by Crippen LogP contribution is -2.35. The number of carbonyl (C=O) groups excluding carboxylic acids is 1. The van der Waals surface area contributed by atoms with E-state index in [1.807, 2.05) is 27.7 Å². The Bertz CT molecular complexity index is 482. The summed E-state index contributed by atoms with van der Waals surface area (Å²) in [5, 5.41) is 19.4. The average Bonchev–Trinajstić information content (AvgIpc) is 2.71. The van der Waals surface area contributed by atoms with Crippen LogP contribution in [0.25, 0.3) is 0 Å². The van der Waals surface area contributed by atoms with Crippen LogP contribution >= 0.6 is 0 Å². The van der Waals surface area contributed by atoms with Gasteiger partial charge in [-0.1, -0.05) is 26.0 Å². The first-order chi connectivity index (χ1) is 9.35. The van der Waals surface area contributed by atoms with E-state index in [-0.39, 0.29) is 30.1 Å². The molecule has 0 fully saturated rings. The summed E-state index contributed by atoms with van der Waals surface area (Å²) in [7, 11) is 0. The van der Waals surface area contributed by atoms with E-state index < -0.39 is 5.97 Å². The summed E-state index contributed by atoms with van der Waals surface area (Å²) in [5.74, 6) is -1.05. The zero-order valence-corrected chi connectivity index (χ0v) is 12.4. The van der Waals surface area contributed by atoms with Gasteiger partial charge in [0.2, 0.25) is 5.91 Å². The molecule has 1 aromatic rings. The average molecular weight is 282 g/mol. The van der Waals surface area contributed by atoms with Crippen LogP contribution in [-0.4, -0.2) is 38.0 Å². The minimum absolute atomic E-state index is 0.00727. The molecule has 0 aromatic carbocycles. The van der Waals surface area contributed by atoms with Crippen LogP contribution in [0.15, 0.2) is 0 Å². The van der Waals surface area contributed by atoms with Crippen LogP contribution in [0.2, 0.25) is 0 Å². The van der Waals surface area contributed by atoms with Gasteiger partial charge < -0.3 is 10.4 Å². The zero-order valence-electron chi connectivity index (χ0n) is 12.4. The number of nitrogens with zero attached hydrogens (tertiary/aromatic N) is 3. The highest BCUT2D eigenvalue weighted by Gasteiger charge is 2.21. The SMILES string of the molecule is CCC(C)NC(=O)Cn1nnc(C(=O)O)c1CC(C)C. The molecule has 1 heterocycles. The highest BCUT2D eigenvalue weighted by Crippen LogP contribution is 2.12. The van der Waals surface area contributed by atoms with E-state index in [4.69, 9.17) is 5.11 Å². The third-order valence-corrected chi connectivity index (χ3v) is 2.95. The van der Waals surface area contributed by atoms with Crippen molar-refractivity contribution in [2.45, 2.75) is 53.1 Å². The standard InChI is InChI=1S/C13H22N4O3/c1-5-9(4)14-11(18)7-17-10(6-8(2)3)12(13(19)20)15-16-17/h8-9H,5-7H2,1-4H3,(H,14,18)(H,19,20). The molecular weight excluding hydrogens is 260 g/mol. The Labute approximate surface area is 118 Å². The summed E-state index contributed by atoms with van der Waals surface area (Å²) in [5.41, 5.74) is 0.418. The van der Waals surface area contributed by atoms with Gasteiger partial charge in [0.1, 0.15) is 6.54 Å². The van der Waals surface area contributed by atoms with Gasteiger partial charge in [-0.2, -0.15) is 0 Å². The molecule has 0 aliphatic rings. The van der Waals surface area contributed by atoms with Crippen LogP contribution in [0.1, 0.15) is 50.3 Å². The van der Waals surface area contributed by atoms with Crippen molar-refractivity contribution < 1.29 is 14.7 Å². The van der Waals surface area contributed by atoms with Crippen molar-refractivity contribution in [3.05, 3.63) is 11.4 Å². The Hall–Kier alpha value is -1.92. The molecule has 0 bridgehead atoms. The Morgan fingerprint density at radius 2 is 2.00 bits per heavy atom. The minimum atomic E-state index is -1.12. The summed E-state index contributed by atoms with van der Waals surface area (Å²) < 4.78 is 1.38. The van der Waals surface area contributed by atoms with Crippen molar-refractivity contribution in [3.63, 3.8) is 0 Å². The molecule has 0 saturated heterocycles. The van der Waals surface area contributed by atoms with E-state index in [1.165, 1.54) is 4.68 Å². The Morgan fingerprint density at radius 3 is 2.50 bits per heavy atom. The molecule has 7 heteroatoms. The number of carboxylic acids is 1. The zero-order chi connectivity index (χ0) is 15.3. The quantitative estimate of drug-likeness (QED) is 0.780. The smallest absolute Gasteiger partial charge is 0.358 e. The number of hydrogen-bond acceptors (Lipinski definition) is 4. The topological polar surface area (TPSA) is 97.1 Å². The first kappa shape index (κ1) is 16.1. The van der Waals surface area contributed by atoms with Crippen molar-refractivity contribution in [1.29, 1.82) is 0 Å². The van der Waals surface area contributed by atoms with Crippen LogP contribution in [0.3, 0.4) is 0 Å². The molecule has 1 unspecified atom stereocenters. The van der Waals surface area contributed by atoms with E-state index >= 15 is 0 Å². The highest BCUT2D eigenvalue weighted by molar-refractivity contribution is 5.86. The van der Waals surface area contributed by atoms with Gasteiger partial charge >= 0.3 is 5.97 Å². The molecule has 1 rings (SSSR count). The summed E-state index contributed by atoms with van der Waals surface area (Å²) >= 11 is 0. The number of carboxylic acid groups (broad SMARTS) is 1. The fraction of sp³-hybridized carbons (Fsp3) is 0.692. The molecular formula is C13H22N4O3. The third-order valence-electron chi connectivity index (χ3n) is 2.95. The van der Waals surface area contributed by atoms with Crippen molar-refractivity contribution in [3.8, 4) is 0 Å². The molecule has 0 radical (unpaired) electrons. The number of aromatic carboxylic acids is 1. The number of carbonyl (C=O) groups is 2. The van der Waals surface area contributed by atoms with Gasteiger partial charge in [-0.05, 0) is 25.7 Å². The molecule has 0 saturated carbocycles. The lowest BCUT2D eigenvalue weighted by molar-refractivity contribution is -0.122. The molecule has 20 heavy (non-hydrogen) atoms. The fourth-order valence-electron chi connectivity index (χ4n) is 1.77. The molecule has 0 spiro atoms. The molecule has 0 aliphatic carbocycles. The second kappa shape index (κ2) is 7.02. The van der Waals surface area contributed by atoms with E-state index in [1.54, 1.807) is 0 Å². The first-order valence-electron chi connectivity index (χ1n) is 6.80. The highest BCUT2D eigenvalue weighted by atomic mass is 16.4. The maximum Gasteiger partial charge on any atom is 0.358 e. The summed E-state index contributed by atoms with van der Waals surface area (Å²) in [6.07, 6.45) is 1.35. The fourth-order valence-corrected chi connectivity index (χ4v) is 1.77. The van der Waals surface area contributed by atoms with Gasteiger partial charge in [-0.25, -0.2) is 9.48 Å². The van der Waals surface area contributed by atoms with Gasteiger partial charge in [0.25, 0.3) is 0 Å². The molecule has 7 nitrogen and oxygen atoms in total. The normalized spacial score (nSPS) is 12.4. The van der Waals surface area contributed by atoms with E-state index in [2.05, 4.69) is 15.6 Å². The van der Waals surface area contributed by atoms with E-state index in [0.717, 1.165) is 6.42 Å². The second-order valence-electron chi connectivity index (χ2n) is 5.32. The van der Waals surface area contributed by atoms with Crippen molar-refractivity contribution >= 4 is 11.9 Å². The Kier molecular flexibility index (Phi) is 5.66. The van der Waals surface area contributed by atoms with Crippen molar-refractivity contribution in [2.75, 3.05) is 0 Å². The predicted molar refractivity (Wildman–Crippen MR) is 73.4 cm³/mol. The van der Waals surface area contributed by atoms with Gasteiger partial charge in [-0.3, -0.25) is 4.79 Å². The number of hydrogen-bond donors (Lipinski definition) is 2. The summed E-state index contributed by atoms with van der Waals surface area (Å²) in [6.45, 7) is 7.83. The van der Waals surface area contributed by atoms with Crippen molar-refractivity contribution in [2.24, 2.45) is 5.92 Å². The van der Waals surface area contributed by atoms with Gasteiger partial charge in [0, 0.05) is 6.04 Å². The lowest BCUT2D eigenvalue weighted by Gasteiger charge is -2.13. The Morgan fingerprint density at radius 1 is 1.35 bits per heavy atom. The van der Waals surface area contributed by atoms with Gasteiger partial charge in [0.15, 0.2) is 5.69 Å². The second-order valence-corrected chi connectivity index (χ2v) is 5.32. The maximum absolute atomic E-state index is 11.9. The number of aromatic nitrogens is 3. The number of nitrogens with one attached hydrogen (secondary N) is 1. The largest absolute Gasteiger partial charge is 0.476 e. The first-order valence-corrected chi connectivity index (χ1v) is 6.80. The molecule has 2 N–H and O–H groups in total. The maximum atomic E-state index is 11.9. The monoisotopic (exact) mass is 282 g/mol. The summed E-state index contributed by atoms with van der Waals surface area (Å²) in [6, 6.07) is 0.0820. The minimum Gasteiger partial charge on any atom is -0.476 e. The number of rotatable bonds is 7. The molecule has 1 amide bonds. The third kappa shape index (κ3) is 4.32. The molecule has 1 aromatic heterocycles. The number of amides is 1. The molecule has 0 aliphatic heterocycles. The van der Waals surface area contributed by atoms with Crippen LogP contribution in [0.4, 0.5) is 0 Å². The van der Waals surface area contributed by atoms with Crippen LogP contribution < -0.4 is 5.32 Å². The van der Waals surface area contributed by atoms with Crippen LogP contribution in [-0.2, 0) is 17.8 Å². The summed E-state index contributed by atoms with van der Waals surface area (Å²) in [4.78, 5) is 23.0. The van der Waals surface area contributed by atoms with Crippen molar-refractivity contribution in [1.82, 2.24) is 20.3 Å². The van der Waals surface area contributed by atoms with E-state index in [0.29, 0.717) is 12.1 Å². The Balaban J connectivity index is 2.89. The van der Waals surface area contributed by atoms with Gasteiger partial charge in [-0.15, -0.1) is 5.10 Å². The molecule has 112 valence electrons. The van der Waals surface area contributed by atoms with Crippen LogP contribution in [0.5, 0.6) is 0 Å². The lowest BCUT2D eigenvalue weighted by atomic mass is 10.1. The molecule has 1 atom stereocenters. The predicted octanol–water partition coefficient (Wildman–Crippen LogP) is 1.09. The van der Waals surface area contributed by atoms with Gasteiger partial charge in [0.05, 0.1) is 5.69 Å². The van der Waals surface area contributed by atoms with Crippen LogP contribution in [0, 0.1) is 5.92 Å². The van der Waals surface area contributed by atoms with E-state index in [9.17, 15) is 9.59 Å².